The molecule has 142 valence electrons. The normalized spacial score (nSPS) is 11.5. The molecule has 0 aliphatic rings. The average molecular weight is 502 g/mol. The summed E-state index contributed by atoms with van der Waals surface area (Å²) >= 11 is 6.77. The van der Waals surface area contributed by atoms with Crippen LogP contribution in [0.3, 0.4) is 0 Å². The van der Waals surface area contributed by atoms with E-state index in [1.807, 2.05) is 30.3 Å². The molecule has 0 fully saturated rings. The topological polar surface area (TPSA) is 65.2 Å². The number of aliphatic imine (C=N–C) groups is 2. The van der Waals surface area contributed by atoms with Crippen LogP contribution >= 0.6 is 31.9 Å². The summed E-state index contributed by atoms with van der Waals surface area (Å²) in [6.07, 6.45) is 3.34. The van der Waals surface area contributed by atoms with Crippen molar-refractivity contribution in [1.29, 1.82) is 0 Å². The number of aromatic hydroxyl groups is 2. The van der Waals surface area contributed by atoms with Crippen molar-refractivity contribution in [2.75, 3.05) is 0 Å². The van der Waals surface area contributed by atoms with E-state index < -0.39 is 0 Å². The first-order chi connectivity index (χ1) is 13.5. The number of benzene rings is 3. The van der Waals surface area contributed by atoms with Gasteiger partial charge in [0.1, 0.15) is 11.5 Å². The predicted molar refractivity (Wildman–Crippen MR) is 121 cm³/mol. The number of phenols is 2. The van der Waals surface area contributed by atoms with Crippen molar-refractivity contribution >= 4 is 44.3 Å². The van der Waals surface area contributed by atoms with Crippen molar-refractivity contribution in [3.63, 3.8) is 0 Å². The Morgan fingerprint density at radius 2 is 1.14 bits per heavy atom. The molecule has 0 radical (unpaired) electrons. The molecule has 0 aliphatic carbocycles. The molecule has 0 aliphatic heterocycles. The maximum absolute atomic E-state index is 9.86. The van der Waals surface area contributed by atoms with E-state index in [4.69, 9.17) is 0 Å². The Morgan fingerprint density at radius 1 is 0.679 bits per heavy atom. The van der Waals surface area contributed by atoms with Gasteiger partial charge in [0.05, 0.1) is 13.1 Å². The Labute approximate surface area is 180 Å². The second-order valence-electron chi connectivity index (χ2n) is 6.17. The minimum Gasteiger partial charge on any atom is -0.507 e. The van der Waals surface area contributed by atoms with Crippen LogP contribution in [0, 0.1) is 0 Å². The van der Waals surface area contributed by atoms with E-state index in [2.05, 4.69) is 47.9 Å². The summed E-state index contributed by atoms with van der Waals surface area (Å²) in [7, 11) is 0. The van der Waals surface area contributed by atoms with Gasteiger partial charge in [-0.05, 0) is 47.5 Å². The van der Waals surface area contributed by atoms with Gasteiger partial charge in [-0.1, -0.05) is 56.1 Å². The third-order valence-electron chi connectivity index (χ3n) is 3.98. The number of phenolic OH excluding ortho intramolecular Hbond substituents is 2. The maximum Gasteiger partial charge on any atom is 0.124 e. The fourth-order valence-electron chi connectivity index (χ4n) is 2.58. The molecule has 4 nitrogen and oxygen atoms in total. The SMILES string of the molecule is Oc1ccc(Br)cc1C=NCc1cccc(CN=Cc2cc(Br)ccc2O)c1. The highest BCUT2D eigenvalue weighted by Crippen LogP contribution is 2.21. The van der Waals surface area contributed by atoms with Gasteiger partial charge in [-0.2, -0.15) is 0 Å². The lowest BCUT2D eigenvalue weighted by Gasteiger charge is -2.03. The van der Waals surface area contributed by atoms with Crippen LogP contribution in [0.1, 0.15) is 22.3 Å². The third-order valence-corrected chi connectivity index (χ3v) is 4.97. The summed E-state index contributed by atoms with van der Waals surface area (Å²) in [4.78, 5) is 8.84. The Kier molecular flexibility index (Phi) is 7.01. The highest BCUT2D eigenvalue weighted by molar-refractivity contribution is 9.10. The molecule has 0 heterocycles. The number of hydrogen-bond donors (Lipinski definition) is 2. The predicted octanol–water partition coefficient (Wildman–Crippen LogP) is 5.86. The van der Waals surface area contributed by atoms with Gasteiger partial charge in [0, 0.05) is 32.5 Å². The lowest BCUT2D eigenvalue weighted by atomic mass is 10.1. The Bertz CT molecular complexity index is 954. The van der Waals surface area contributed by atoms with Gasteiger partial charge in [-0.15, -0.1) is 0 Å². The van der Waals surface area contributed by atoms with Crippen LogP contribution in [-0.2, 0) is 13.1 Å². The first kappa shape index (κ1) is 20.3. The van der Waals surface area contributed by atoms with Crippen molar-refractivity contribution < 1.29 is 10.2 Å². The number of rotatable bonds is 6. The molecule has 0 bridgehead atoms. The van der Waals surface area contributed by atoms with Gasteiger partial charge < -0.3 is 10.2 Å². The Morgan fingerprint density at radius 3 is 1.61 bits per heavy atom. The fourth-order valence-corrected chi connectivity index (χ4v) is 3.34. The molecule has 0 spiro atoms. The molecule has 28 heavy (non-hydrogen) atoms. The van der Waals surface area contributed by atoms with Gasteiger partial charge >= 0.3 is 0 Å². The van der Waals surface area contributed by atoms with Gasteiger partial charge in [0.25, 0.3) is 0 Å². The van der Waals surface area contributed by atoms with E-state index in [0.717, 1.165) is 20.1 Å². The number of nitrogens with zero attached hydrogens (tertiary/aromatic N) is 2. The van der Waals surface area contributed by atoms with Crippen molar-refractivity contribution in [3.8, 4) is 11.5 Å². The standard InChI is InChI=1S/C22H18Br2N2O2/c23-19-4-6-21(27)17(9-19)13-25-11-15-2-1-3-16(8-15)12-26-14-18-10-20(24)5-7-22(18)28/h1-10,13-14,27-28H,11-12H2. The minimum atomic E-state index is 0.200. The second-order valence-corrected chi connectivity index (χ2v) is 8.00. The molecule has 0 amide bonds. The smallest absolute Gasteiger partial charge is 0.124 e. The second kappa shape index (κ2) is 9.66. The van der Waals surface area contributed by atoms with Crippen molar-refractivity contribution in [3.05, 3.63) is 91.9 Å². The zero-order chi connectivity index (χ0) is 19.9. The summed E-state index contributed by atoms with van der Waals surface area (Å²) in [6, 6.07) is 18.5. The molecule has 3 aromatic carbocycles. The van der Waals surface area contributed by atoms with Gasteiger partial charge in [-0.3, -0.25) is 9.98 Å². The first-order valence-electron chi connectivity index (χ1n) is 8.56. The van der Waals surface area contributed by atoms with Crippen LogP contribution in [0.5, 0.6) is 11.5 Å². The number of halogens is 2. The zero-order valence-electron chi connectivity index (χ0n) is 14.9. The molecule has 6 heteroatoms. The highest BCUT2D eigenvalue weighted by atomic mass is 79.9. The lowest BCUT2D eigenvalue weighted by Crippen LogP contribution is -1.89. The molecule has 0 atom stereocenters. The van der Waals surface area contributed by atoms with Crippen LogP contribution < -0.4 is 0 Å². The minimum absolute atomic E-state index is 0.200. The van der Waals surface area contributed by atoms with Gasteiger partial charge in [0.15, 0.2) is 0 Å². The third kappa shape index (κ3) is 5.78. The molecule has 0 saturated carbocycles. The monoisotopic (exact) mass is 500 g/mol. The van der Waals surface area contributed by atoms with Crippen molar-refractivity contribution in [1.82, 2.24) is 0 Å². The van der Waals surface area contributed by atoms with Crippen molar-refractivity contribution in [2.24, 2.45) is 9.98 Å². The van der Waals surface area contributed by atoms with E-state index in [9.17, 15) is 10.2 Å². The summed E-state index contributed by atoms with van der Waals surface area (Å²) in [6.45, 7) is 1.02. The van der Waals surface area contributed by atoms with Crippen LogP contribution in [0.4, 0.5) is 0 Å². The summed E-state index contributed by atoms with van der Waals surface area (Å²) < 4.78 is 1.78. The summed E-state index contributed by atoms with van der Waals surface area (Å²) in [5, 5.41) is 19.7. The van der Waals surface area contributed by atoms with E-state index in [1.165, 1.54) is 0 Å². The molecule has 0 saturated heterocycles. The maximum atomic E-state index is 9.86. The van der Waals surface area contributed by atoms with Crippen LogP contribution in [0.25, 0.3) is 0 Å². The number of hydrogen-bond acceptors (Lipinski definition) is 4. The highest BCUT2D eigenvalue weighted by Gasteiger charge is 2.00. The fraction of sp³-hybridized carbons (Fsp3) is 0.0909. The quantitative estimate of drug-likeness (QED) is 0.415. The van der Waals surface area contributed by atoms with Gasteiger partial charge in [0.2, 0.25) is 0 Å². The molecule has 2 N–H and O–H groups in total. The van der Waals surface area contributed by atoms with Gasteiger partial charge in [-0.25, -0.2) is 0 Å². The largest absolute Gasteiger partial charge is 0.507 e. The first-order valence-corrected chi connectivity index (χ1v) is 10.1. The van der Waals surface area contributed by atoms with E-state index in [1.54, 1.807) is 36.7 Å². The van der Waals surface area contributed by atoms with Crippen LogP contribution in [0.15, 0.2) is 79.6 Å². The summed E-state index contributed by atoms with van der Waals surface area (Å²) in [5.41, 5.74) is 3.46. The zero-order valence-corrected chi connectivity index (χ0v) is 18.1. The average Bonchev–Trinajstić information content (AvgIpc) is 2.68. The summed E-state index contributed by atoms with van der Waals surface area (Å²) in [5.74, 6) is 0.400. The van der Waals surface area contributed by atoms with Crippen molar-refractivity contribution in [2.45, 2.75) is 13.1 Å². The van der Waals surface area contributed by atoms with Crippen LogP contribution in [0.2, 0.25) is 0 Å². The lowest BCUT2D eigenvalue weighted by molar-refractivity contribution is 0.474. The van der Waals surface area contributed by atoms with E-state index >= 15 is 0 Å². The molecule has 0 aromatic heterocycles. The Hall–Kier alpha value is -2.44. The van der Waals surface area contributed by atoms with Crippen LogP contribution in [-0.4, -0.2) is 22.6 Å². The molecule has 3 aromatic rings. The molecular weight excluding hydrogens is 484 g/mol. The van der Waals surface area contributed by atoms with E-state index in [-0.39, 0.29) is 11.5 Å². The molecule has 3 rings (SSSR count). The Balaban J connectivity index is 1.64. The molecular formula is C22H18Br2N2O2. The van der Waals surface area contributed by atoms with E-state index in [0.29, 0.717) is 24.2 Å². The molecule has 0 unspecified atom stereocenters.